The molecule has 2 aromatic carbocycles. The third-order valence-corrected chi connectivity index (χ3v) is 9.91. The normalized spacial score (nSPS) is 18.5. The Labute approximate surface area is 290 Å². The third-order valence-electron chi connectivity index (χ3n) is 9.91. The highest BCUT2D eigenvalue weighted by molar-refractivity contribution is 5.98. The molecule has 4 N–H and O–H groups in total. The number of hydrogen-bond acceptors (Lipinski definition) is 6. The molecule has 0 aromatic heterocycles. The Hall–Kier alpha value is -4.44. The van der Waals surface area contributed by atoms with Gasteiger partial charge in [0.25, 0.3) is 5.91 Å². The number of carbonyl (C=O) groups is 4. The van der Waals surface area contributed by atoms with E-state index >= 15 is 13.2 Å². The van der Waals surface area contributed by atoms with Crippen LogP contribution in [0.25, 0.3) is 0 Å². The summed E-state index contributed by atoms with van der Waals surface area (Å²) in [6.07, 6.45) is 5.13. The van der Waals surface area contributed by atoms with Crippen molar-refractivity contribution in [1.29, 1.82) is 5.26 Å². The van der Waals surface area contributed by atoms with Gasteiger partial charge in [0.05, 0.1) is 22.9 Å². The molecule has 1 aliphatic carbocycles. The zero-order valence-electron chi connectivity index (χ0n) is 28.7. The van der Waals surface area contributed by atoms with Crippen molar-refractivity contribution < 1.29 is 37.5 Å². The average Bonchev–Trinajstić information content (AvgIpc) is 3.39. The van der Waals surface area contributed by atoms with E-state index in [2.05, 4.69) is 16.0 Å². The minimum Gasteiger partial charge on any atom is -0.390 e. The number of piperidine rings is 1. The summed E-state index contributed by atoms with van der Waals surface area (Å²) in [6, 6.07) is 7.85. The summed E-state index contributed by atoms with van der Waals surface area (Å²) in [6.45, 7) is 5.63. The lowest BCUT2D eigenvalue weighted by molar-refractivity contribution is -0.149. The maximum atomic E-state index is 15.7. The van der Waals surface area contributed by atoms with E-state index in [1.54, 1.807) is 31.7 Å². The van der Waals surface area contributed by atoms with E-state index < -0.39 is 58.6 Å². The summed E-state index contributed by atoms with van der Waals surface area (Å²) in [5, 5.41) is 26.9. The van der Waals surface area contributed by atoms with Gasteiger partial charge in [-0.2, -0.15) is 14.0 Å². The molecule has 3 unspecified atom stereocenters. The van der Waals surface area contributed by atoms with Gasteiger partial charge < -0.3 is 26.0 Å². The first-order valence-electron chi connectivity index (χ1n) is 17.3. The monoisotopic (exact) mass is 697 g/mol. The third kappa shape index (κ3) is 9.41. The zero-order chi connectivity index (χ0) is 36.6. The molecule has 0 spiro atoms. The van der Waals surface area contributed by atoms with Crippen LogP contribution in [0, 0.1) is 23.1 Å². The van der Waals surface area contributed by atoms with Gasteiger partial charge in [-0.25, -0.2) is 4.39 Å². The summed E-state index contributed by atoms with van der Waals surface area (Å²) in [4.78, 5) is 54.3. The van der Waals surface area contributed by atoms with Crippen molar-refractivity contribution in [3.05, 3.63) is 65.0 Å². The highest BCUT2D eigenvalue weighted by Crippen LogP contribution is 2.32. The van der Waals surface area contributed by atoms with Crippen LogP contribution in [0.5, 0.6) is 0 Å². The predicted octanol–water partition coefficient (Wildman–Crippen LogP) is 5.25. The van der Waals surface area contributed by atoms with E-state index in [1.165, 1.54) is 24.3 Å². The Morgan fingerprint density at radius 1 is 1.04 bits per heavy atom. The molecule has 4 rings (SSSR count). The van der Waals surface area contributed by atoms with Crippen molar-refractivity contribution in [2.45, 2.75) is 108 Å². The number of nitrogens with one attached hydrogen (secondary N) is 3. The summed E-state index contributed by atoms with van der Waals surface area (Å²) >= 11 is 0. The molecule has 0 bridgehead atoms. The average molecular weight is 698 g/mol. The number of amides is 4. The lowest BCUT2D eigenvalue weighted by Crippen LogP contribution is -2.54. The Bertz CT molecular complexity index is 1590. The molecule has 4 amide bonds. The lowest BCUT2D eigenvalue weighted by Gasteiger charge is -2.38. The van der Waals surface area contributed by atoms with Gasteiger partial charge in [-0.15, -0.1) is 0 Å². The minimum atomic E-state index is -4.05. The van der Waals surface area contributed by atoms with Crippen molar-refractivity contribution in [2.24, 2.45) is 5.92 Å². The van der Waals surface area contributed by atoms with Crippen LogP contribution in [0.2, 0.25) is 0 Å². The fourth-order valence-electron chi connectivity index (χ4n) is 6.59. The van der Waals surface area contributed by atoms with Crippen LogP contribution in [0.3, 0.4) is 0 Å². The number of aliphatic hydroxyl groups is 1. The fraction of sp³-hybridized carbons (Fsp3) is 0.541. The van der Waals surface area contributed by atoms with E-state index in [0.717, 1.165) is 43.9 Å². The molecular formula is C37H46F3N5O5. The molecule has 50 heavy (non-hydrogen) atoms. The van der Waals surface area contributed by atoms with Crippen LogP contribution in [-0.4, -0.2) is 64.4 Å². The molecule has 2 fully saturated rings. The Kier molecular flexibility index (Phi) is 12.7. The van der Waals surface area contributed by atoms with Crippen LogP contribution in [0.4, 0.5) is 18.9 Å². The smallest absolute Gasteiger partial charge is 0.349 e. The van der Waals surface area contributed by atoms with E-state index in [0.29, 0.717) is 44.3 Å². The van der Waals surface area contributed by atoms with Crippen molar-refractivity contribution >= 4 is 29.3 Å². The van der Waals surface area contributed by atoms with Crippen molar-refractivity contribution in [2.75, 3.05) is 18.4 Å². The van der Waals surface area contributed by atoms with Crippen molar-refractivity contribution in [3.8, 4) is 6.07 Å². The molecule has 1 aliphatic heterocycles. The first kappa shape index (κ1) is 38.4. The standard InChI is InChI=1S/C37H46F3N5O5/c1-4-30(46)43-31(34(48)45-18-16-36(3,50)17-19-45)23(2)26-14-15-29(28(38)21-26)42-33(47)32(25-11-7-5-6-8-12-25)44-35(49)37(39,40)27-13-9-10-24(20-27)22-41/h9-10,13-15,20-21,23,25,31-32,50H,4-8,11-12,16-19H2,1-3H3,(H,42,47)(H,43,46)(H,44,49). The molecule has 1 saturated carbocycles. The summed E-state index contributed by atoms with van der Waals surface area (Å²) in [5.41, 5.74) is -1.51. The van der Waals surface area contributed by atoms with Crippen LogP contribution in [0.15, 0.2) is 42.5 Å². The van der Waals surface area contributed by atoms with Crippen LogP contribution >= 0.6 is 0 Å². The van der Waals surface area contributed by atoms with Gasteiger partial charge in [0, 0.05) is 31.0 Å². The summed E-state index contributed by atoms with van der Waals surface area (Å²) in [5.74, 6) is -9.33. The second-order valence-corrected chi connectivity index (χ2v) is 13.7. The first-order valence-corrected chi connectivity index (χ1v) is 17.3. The second kappa shape index (κ2) is 16.5. The van der Waals surface area contributed by atoms with E-state index in [4.69, 9.17) is 5.26 Å². The van der Waals surface area contributed by atoms with E-state index in [-0.39, 0.29) is 29.5 Å². The molecule has 2 aromatic rings. The minimum absolute atomic E-state index is 0.0505. The largest absolute Gasteiger partial charge is 0.390 e. The number of rotatable bonds is 11. The number of anilines is 1. The number of halogens is 3. The predicted molar refractivity (Wildman–Crippen MR) is 180 cm³/mol. The SMILES string of the molecule is CCC(=O)NC(C(=O)N1CCC(C)(O)CC1)C(C)c1ccc(NC(=O)C(NC(=O)C(F)(F)c2cccc(C#N)c2)C2CCCCCC2)c(F)c1. The first-order chi connectivity index (χ1) is 23.7. The molecule has 0 radical (unpaired) electrons. The molecular weight excluding hydrogens is 651 g/mol. The maximum absolute atomic E-state index is 15.7. The van der Waals surface area contributed by atoms with Crippen LogP contribution in [-0.2, 0) is 25.1 Å². The van der Waals surface area contributed by atoms with Crippen LogP contribution < -0.4 is 16.0 Å². The number of nitrogens with zero attached hydrogens (tertiary/aromatic N) is 2. The number of benzene rings is 2. The van der Waals surface area contributed by atoms with Gasteiger partial charge in [0.2, 0.25) is 17.7 Å². The van der Waals surface area contributed by atoms with Gasteiger partial charge in [0.1, 0.15) is 17.9 Å². The quantitative estimate of drug-likeness (QED) is 0.236. The molecule has 1 saturated heterocycles. The van der Waals surface area contributed by atoms with Crippen molar-refractivity contribution in [1.82, 2.24) is 15.5 Å². The van der Waals surface area contributed by atoms with Gasteiger partial charge in [0.15, 0.2) is 0 Å². The van der Waals surface area contributed by atoms with E-state index in [1.807, 2.05) is 0 Å². The van der Waals surface area contributed by atoms with E-state index in [9.17, 15) is 24.3 Å². The second-order valence-electron chi connectivity index (χ2n) is 13.7. The Morgan fingerprint density at radius 2 is 1.70 bits per heavy atom. The highest BCUT2D eigenvalue weighted by Gasteiger charge is 2.44. The lowest BCUT2D eigenvalue weighted by atomic mass is 9.89. The molecule has 13 heteroatoms. The highest BCUT2D eigenvalue weighted by atomic mass is 19.3. The van der Waals surface area contributed by atoms with Gasteiger partial charge >= 0.3 is 5.92 Å². The Morgan fingerprint density at radius 3 is 2.30 bits per heavy atom. The number of hydrogen-bond donors (Lipinski definition) is 4. The molecule has 3 atom stereocenters. The Balaban J connectivity index is 1.55. The van der Waals surface area contributed by atoms with Crippen LogP contribution in [0.1, 0.15) is 101 Å². The van der Waals surface area contributed by atoms with Gasteiger partial charge in [-0.05, 0) is 68.4 Å². The maximum Gasteiger partial charge on any atom is 0.349 e. The molecule has 270 valence electrons. The van der Waals surface area contributed by atoms with Gasteiger partial charge in [-0.3, -0.25) is 19.2 Å². The number of likely N-dealkylation sites (tertiary alicyclic amines) is 1. The number of nitriles is 1. The molecule has 1 heterocycles. The molecule has 10 nitrogen and oxygen atoms in total. The summed E-state index contributed by atoms with van der Waals surface area (Å²) in [7, 11) is 0. The zero-order valence-corrected chi connectivity index (χ0v) is 28.7. The fourth-order valence-corrected chi connectivity index (χ4v) is 6.59. The molecule has 2 aliphatic rings. The number of alkyl halides is 2. The topological polar surface area (TPSA) is 152 Å². The summed E-state index contributed by atoms with van der Waals surface area (Å²) < 4.78 is 46.4. The van der Waals surface area contributed by atoms with Crippen molar-refractivity contribution in [3.63, 3.8) is 0 Å². The van der Waals surface area contributed by atoms with Gasteiger partial charge in [-0.1, -0.05) is 57.7 Å². The number of carbonyl (C=O) groups excluding carboxylic acids is 4.